The molecule has 0 aliphatic carbocycles. The molecule has 0 bridgehead atoms. The number of hydrogen-bond donors (Lipinski definition) is 0. The smallest absolute Gasteiger partial charge is 0.144 e. The third-order valence-electron chi connectivity index (χ3n) is 4.31. The molecule has 0 spiro atoms. The van der Waals surface area contributed by atoms with Crippen molar-refractivity contribution in [1.29, 1.82) is 0 Å². The summed E-state index contributed by atoms with van der Waals surface area (Å²) in [5.74, 6) is 0.967. The Kier molecular flexibility index (Phi) is 3.00. The number of fused-ring (bicyclic) bond motifs is 3. The lowest BCUT2D eigenvalue weighted by molar-refractivity contribution is 1.07. The van der Waals surface area contributed by atoms with E-state index >= 15 is 0 Å². The Morgan fingerprint density at radius 2 is 1.54 bits per heavy atom. The summed E-state index contributed by atoms with van der Waals surface area (Å²) in [6.07, 6.45) is 3.89. The van der Waals surface area contributed by atoms with Crippen molar-refractivity contribution in [1.82, 2.24) is 9.55 Å². The first kappa shape index (κ1) is 13.5. The standard InChI is InChI=1S/C21H14N2S/c1-2-6-15(7-3-1)21-22-12-13-23(21)16-10-11-20-18(14-16)17-8-4-5-9-19(17)24-20/h1-14H. The van der Waals surface area contributed by atoms with E-state index in [0.29, 0.717) is 0 Å². The second kappa shape index (κ2) is 5.32. The molecule has 0 saturated heterocycles. The molecule has 5 aromatic rings. The highest BCUT2D eigenvalue weighted by molar-refractivity contribution is 7.25. The van der Waals surface area contributed by atoms with Crippen LogP contribution in [0.3, 0.4) is 0 Å². The quantitative estimate of drug-likeness (QED) is 0.394. The zero-order valence-corrected chi connectivity index (χ0v) is 13.7. The molecule has 0 aliphatic heterocycles. The molecule has 0 atom stereocenters. The van der Waals surface area contributed by atoms with Crippen molar-refractivity contribution in [3.05, 3.63) is 85.2 Å². The van der Waals surface area contributed by atoms with E-state index < -0.39 is 0 Å². The van der Waals surface area contributed by atoms with Gasteiger partial charge in [-0.2, -0.15) is 0 Å². The minimum atomic E-state index is 0.967. The van der Waals surface area contributed by atoms with Gasteiger partial charge in [-0.05, 0) is 24.3 Å². The number of rotatable bonds is 2. The number of hydrogen-bond acceptors (Lipinski definition) is 2. The molecule has 0 amide bonds. The molecule has 3 aromatic carbocycles. The van der Waals surface area contributed by atoms with Crippen LogP contribution in [0, 0.1) is 0 Å². The molecular weight excluding hydrogens is 312 g/mol. The maximum Gasteiger partial charge on any atom is 0.144 e. The summed E-state index contributed by atoms with van der Waals surface area (Å²) in [6, 6.07) is 25.5. The molecule has 0 unspecified atom stereocenters. The van der Waals surface area contributed by atoms with Gasteiger partial charge in [-0.15, -0.1) is 11.3 Å². The molecule has 2 nitrogen and oxygen atoms in total. The Hall–Kier alpha value is -2.91. The van der Waals surface area contributed by atoms with Crippen molar-refractivity contribution in [3.63, 3.8) is 0 Å². The van der Waals surface area contributed by atoms with E-state index in [4.69, 9.17) is 0 Å². The Morgan fingerprint density at radius 1 is 0.750 bits per heavy atom. The van der Waals surface area contributed by atoms with Crippen LogP contribution in [-0.4, -0.2) is 9.55 Å². The summed E-state index contributed by atoms with van der Waals surface area (Å²) >= 11 is 1.84. The Balaban J connectivity index is 1.73. The van der Waals surface area contributed by atoms with Gasteiger partial charge < -0.3 is 0 Å². The maximum absolute atomic E-state index is 4.56. The number of imidazole rings is 1. The van der Waals surface area contributed by atoms with Crippen LogP contribution in [0.5, 0.6) is 0 Å². The molecule has 0 radical (unpaired) electrons. The Bertz CT molecular complexity index is 1150. The van der Waals surface area contributed by atoms with Gasteiger partial charge in [-0.1, -0.05) is 48.5 Å². The second-order valence-corrected chi connectivity index (χ2v) is 6.85. The third kappa shape index (κ3) is 2.06. The van der Waals surface area contributed by atoms with E-state index in [9.17, 15) is 0 Å². The van der Waals surface area contributed by atoms with Gasteiger partial charge in [0.1, 0.15) is 5.82 Å². The molecule has 5 rings (SSSR count). The van der Waals surface area contributed by atoms with Crippen molar-refractivity contribution >= 4 is 31.5 Å². The van der Waals surface area contributed by atoms with E-state index in [1.807, 2.05) is 41.9 Å². The van der Waals surface area contributed by atoms with Gasteiger partial charge >= 0.3 is 0 Å². The van der Waals surface area contributed by atoms with Crippen LogP contribution < -0.4 is 0 Å². The van der Waals surface area contributed by atoms with Crippen molar-refractivity contribution in [2.24, 2.45) is 0 Å². The highest BCUT2D eigenvalue weighted by Gasteiger charge is 2.10. The fourth-order valence-electron chi connectivity index (χ4n) is 3.18. The van der Waals surface area contributed by atoms with Crippen LogP contribution in [0.4, 0.5) is 0 Å². The van der Waals surface area contributed by atoms with Gasteiger partial charge in [0.2, 0.25) is 0 Å². The molecule has 2 heterocycles. The van der Waals surface area contributed by atoms with Crippen LogP contribution in [0.15, 0.2) is 85.2 Å². The maximum atomic E-state index is 4.56. The lowest BCUT2D eigenvalue weighted by Crippen LogP contribution is -1.95. The lowest BCUT2D eigenvalue weighted by atomic mass is 10.1. The van der Waals surface area contributed by atoms with Gasteiger partial charge in [0, 0.05) is 43.8 Å². The van der Waals surface area contributed by atoms with E-state index in [-0.39, 0.29) is 0 Å². The van der Waals surface area contributed by atoms with E-state index in [0.717, 1.165) is 17.1 Å². The first-order valence-corrected chi connectivity index (χ1v) is 8.72. The molecule has 0 fully saturated rings. The Morgan fingerprint density at radius 3 is 2.46 bits per heavy atom. The third-order valence-corrected chi connectivity index (χ3v) is 5.46. The topological polar surface area (TPSA) is 17.8 Å². The molecule has 24 heavy (non-hydrogen) atoms. The van der Waals surface area contributed by atoms with E-state index in [1.54, 1.807) is 0 Å². The van der Waals surface area contributed by atoms with Crippen LogP contribution in [-0.2, 0) is 0 Å². The van der Waals surface area contributed by atoms with E-state index in [1.165, 1.54) is 20.2 Å². The fourth-order valence-corrected chi connectivity index (χ4v) is 4.26. The van der Waals surface area contributed by atoms with Crippen LogP contribution >= 0.6 is 11.3 Å². The van der Waals surface area contributed by atoms with Crippen LogP contribution in [0.25, 0.3) is 37.2 Å². The number of benzene rings is 3. The Labute approximate surface area is 143 Å². The molecular formula is C21H14N2S. The largest absolute Gasteiger partial charge is 0.300 e. The molecule has 0 aliphatic rings. The highest BCUT2D eigenvalue weighted by Crippen LogP contribution is 2.35. The predicted octanol–water partition coefficient (Wildman–Crippen LogP) is 5.91. The minimum Gasteiger partial charge on any atom is -0.300 e. The first-order valence-electron chi connectivity index (χ1n) is 7.90. The summed E-state index contributed by atoms with van der Waals surface area (Å²) in [4.78, 5) is 4.56. The number of aromatic nitrogens is 2. The predicted molar refractivity (Wildman–Crippen MR) is 102 cm³/mol. The van der Waals surface area contributed by atoms with Crippen molar-refractivity contribution < 1.29 is 0 Å². The zero-order valence-electron chi connectivity index (χ0n) is 12.9. The molecule has 2 aromatic heterocycles. The van der Waals surface area contributed by atoms with Gasteiger partial charge in [0.15, 0.2) is 0 Å². The number of nitrogens with zero attached hydrogens (tertiary/aromatic N) is 2. The molecule has 3 heteroatoms. The average Bonchev–Trinajstić information content (AvgIpc) is 3.26. The fraction of sp³-hybridized carbons (Fsp3) is 0. The van der Waals surface area contributed by atoms with Crippen molar-refractivity contribution in [2.45, 2.75) is 0 Å². The average molecular weight is 326 g/mol. The normalized spacial score (nSPS) is 11.3. The summed E-state index contributed by atoms with van der Waals surface area (Å²) in [6.45, 7) is 0. The van der Waals surface area contributed by atoms with Gasteiger partial charge in [0.05, 0.1) is 0 Å². The second-order valence-electron chi connectivity index (χ2n) is 5.77. The van der Waals surface area contributed by atoms with Crippen LogP contribution in [0.1, 0.15) is 0 Å². The summed E-state index contributed by atoms with van der Waals surface area (Å²) < 4.78 is 4.81. The highest BCUT2D eigenvalue weighted by atomic mass is 32.1. The first-order chi connectivity index (χ1) is 11.9. The van der Waals surface area contributed by atoms with Crippen molar-refractivity contribution in [3.8, 4) is 17.1 Å². The summed E-state index contributed by atoms with van der Waals surface area (Å²) in [5.41, 5.74) is 2.26. The van der Waals surface area contributed by atoms with Gasteiger partial charge in [-0.25, -0.2) is 4.98 Å². The van der Waals surface area contributed by atoms with Crippen LogP contribution in [0.2, 0.25) is 0 Å². The number of thiophene rings is 1. The zero-order chi connectivity index (χ0) is 15.9. The molecule has 114 valence electrons. The molecule has 0 N–H and O–H groups in total. The SMILES string of the molecule is c1ccc(-c2nccn2-c2ccc3sc4ccccc4c3c2)cc1. The lowest BCUT2D eigenvalue weighted by Gasteiger charge is -2.08. The monoisotopic (exact) mass is 326 g/mol. The van der Waals surface area contributed by atoms with Gasteiger partial charge in [-0.3, -0.25) is 4.57 Å². The summed E-state index contributed by atoms with van der Waals surface area (Å²) in [7, 11) is 0. The van der Waals surface area contributed by atoms with Gasteiger partial charge in [0.25, 0.3) is 0 Å². The minimum absolute atomic E-state index is 0.967. The van der Waals surface area contributed by atoms with Crippen molar-refractivity contribution in [2.75, 3.05) is 0 Å². The van der Waals surface area contributed by atoms with E-state index in [2.05, 4.69) is 64.1 Å². The summed E-state index contributed by atoms with van der Waals surface area (Å²) in [5, 5.41) is 2.63. The molecule has 0 saturated carbocycles.